The van der Waals surface area contributed by atoms with Gasteiger partial charge in [0.2, 0.25) is 0 Å². The number of nitrogens with zero attached hydrogens (tertiary/aromatic N) is 2. The molecule has 0 aliphatic rings. The van der Waals surface area contributed by atoms with Crippen molar-refractivity contribution < 1.29 is 9.90 Å². The number of carboxylic acid groups (broad SMARTS) is 1. The summed E-state index contributed by atoms with van der Waals surface area (Å²) in [4.78, 5) is 9.92. The zero-order valence-electron chi connectivity index (χ0n) is 5.24. The first-order chi connectivity index (χ1) is 4.70. The predicted molar refractivity (Wildman–Crippen MR) is 31.6 cm³/mol. The lowest BCUT2D eigenvalue weighted by Crippen LogP contribution is -1.99. The highest BCUT2D eigenvalue weighted by atomic mass is 16.4. The molecular formula is C6H6N2O2. The molecule has 0 fully saturated rings. The van der Waals surface area contributed by atoms with Gasteiger partial charge in [0.1, 0.15) is 5.92 Å². The molecule has 0 saturated carbocycles. The van der Waals surface area contributed by atoms with Gasteiger partial charge in [0.25, 0.3) is 0 Å². The number of carboxylic acids is 1. The molecule has 0 aliphatic heterocycles. The fourth-order valence-electron chi connectivity index (χ4n) is 0.426. The highest BCUT2D eigenvalue weighted by molar-refractivity contribution is 5.66. The molecule has 0 aromatic carbocycles. The third-order valence-corrected chi connectivity index (χ3v) is 0.959. The van der Waals surface area contributed by atoms with Gasteiger partial charge in [-0.1, -0.05) is 0 Å². The average Bonchev–Trinajstić information content (AvgIpc) is 1.90. The minimum Gasteiger partial charge on any atom is -0.481 e. The van der Waals surface area contributed by atoms with E-state index >= 15 is 0 Å². The Hall–Kier alpha value is -1.55. The largest absolute Gasteiger partial charge is 0.481 e. The maximum absolute atomic E-state index is 9.92. The lowest BCUT2D eigenvalue weighted by molar-refractivity contribution is -0.137. The topological polar surface area (TPSA) is 84.9 Å². The first-order valence-electron chi connectivity index (χ1n) is 2.71. The summed E-state index contributed by atoms with van der Waals surface area (Å²) in [6.45, 7) is 0. The van der Waals surface area contributed by atoms with Crippen LogP contribution in [0.25, 0.3) is 0 Å². The zero-order chi connectivity index (χ0) is 7.98. The Labute approximate surface area is 58.3 Å². The number of rotatable bonds is 3. The molecule has 0 aromatic heterocycles. The van der Waals surface area contributed by atoms with E-state index in [0.717, 1.165) is 0 Å². The van der Waals surface area contributed by atoms with Crippen LogP contribution in [0.1, 0.15) is 12.8 Å². The van der Waals surface area contributed by atoms with E-state index in [0.29, 0.717) is 0 Å². The fraction of sp³-hybridized carbons (Fsp3) is 0.500. The maximum atomic E-state index is 9.92. The van der Waals surface area contributed by atoms with Crippen molar-refractivity contribution in [2.75, 3.05) is 0 Å². The Morgan fingerprint density at radius 2 is 2.00 bits per heavy atom. The number of aliphatic carboxylic acids is 1. The van der Waals surface area contributed by atoms with Crippen molar-refractivity contribution in [1.82, 2.24) is 0 Å². The van der Waals surface area contributed by atoms with E-state index < -0.39 is 11.9 Å². The minimum atomic E-state index is -0.976. The molecule has 0 amide bonds. The van der Waals surface area contributed by atoms with Gasteiger partial charge in [-0.15, -0.1) is 0 Å². The van der Waals surface area contributed by atoms with E-state index in [9.17, 15) is 4.79 Å². The lowest BCUT2D eigenvalue weighted by atomic mass is 10.1. The molecule has 4 nitrogen and oxygen atoms in total. The number of nitriles is 2. The van der Waals surface area contributed by atoms with Crippen LogP contribution in [0.15, 0.2) is 0 Å². The Morgan fingerprint density at radius 1 is 1.50 bits per heavy atom. The van der Waals surface area contributed by atoms with Crippen molar-refractivity contribution >= 4 is 5.97 Å². The molecule has 1 N–H and O–H groups in total. The summed E-state index contributed by atoms with van der Waals surface area (Å²) in [7, 11) is 0. The number of carbonyl (C=O) groups is 1. The maximum Gasteiger partial charge on any atom is 0.303 e. The van der Waals surface area contributed by atoms with Gasteiger partial charge in [0.05, 0.1) is 12.1 Å². The van der Waals surface area contributed by atoms with Crippen LogP contribution in [0.2, 0.25) is 0 Å². The first-order valence-corrected chi connectivity index (χ1v) is 2.71. The van der Waals surface area contributed by atoms with Crippen LogP contribution in [-0.4, -0.2) is 11.1 Å². The van der Waals surface area contributed by atoms with Crippen LogP contribution in [-0.2, 0) is 4.79 Å². The molecule has 10 heavy (non-hydrogen) atoms. The average molecular weight is 138 g/mol. The molecule has 0 saturated heterocycles. The molecule has 0 radical (unpaired) electrons. The van der Waals surface area contributed by atoms with Crippen LogP contribution in [0.3, 0.4) is 0 Å². The highest BCUT2D eigenvalue weighted by Gasteiger charge is 2.06. The van der Waals surface area contributed by atoms with Crippen molar-refractivity contribution in [3.8, 4) is 12.1 Å². The van der Waals surface area contributed by atoms with Gasteiger partial charge < -0.3 is 5.11 Å². The third-order valence-electron chi connectivity index (χ3n) is 0.959. The Morgan fingerprint density at radius 3 is 2.30 bits per heavy atom. The van der Waals surface area contributed by atoms with Crippen molar-refractivity contribution in [3.05, 3.63) is 0 Å². The smallest absolute Gasteiger partial charge is 0.303 e. The summed E-state index contributed by atoms with van der Waals surface area (Å²) in [5.41, 5.74) is 0. The fourth-order valence-corrected chi connectivity index (χ4v) is 0.426. The summed E-state index contributed by atoms with van der Waals surface area (Å²) in [6.07, 6.45) is -0.00583. The molecule has 0 rings (SSSR count). The second kappa shape index (κ2) is 4.34. The minimum absolute atomic E-state index is 0.113. The van der Waals surface area contributed by atoms with Gasteiger partial charge >= 0.3 is 5.97 Å². The second-order valence-corrected chi connectivity index (χ2v) is 1.74. The van der Waals surface area contributed by atoms with E-state index in [-0.39, 0.29) is 12.8 Å². The molecule has 4 heteroatoms. The van der Waals surface area contributed by atoms with Crippen LogP contribution < -0.4 is 0 Å². The summed E-state index contributed by atoms with van der Waals surface area (Å²) in [5, 5.41) is 24.5. The molecule has 0 heterocycles. The standard InChI is InChI=1S/C6H6N2O2/c7-3-5(4-8)1-2-6(9)10/h5H,1-2H2,(H,9,10). The molecule has 52 valence electrons. The van der Waals surface area contributed by atoms with Crippen molar-refractivity contribution in [2.45, 2.75) is 12.8 Å². The molecule has 0 unspecified atom stereocenters. The molecule has 0 aliphatic carbocycles. The van der Waals surface area contributed by atoms with E-state index in [1.807, 2.05) is 0 Å². The zero-order valence-corrected chi connectivity index (χ0v) is 5.24. The summed E-state index contributed by atoms with van der Waals surface area (Å²) in [6, 6.07) is 3.37. The van der Waals surface area contributed by atoms with Gasteiger partial charge in [-0.25, -0.2) is 0 Å². The Kier molecular flexibility index (Phi) is 3.67. The van der Waals surface area contributed by atoms with E-state index in [2.05, 4.69) is 0 Å². The first kappa shape index (κ1) is 8.45. The summed E-state index contributed by atoms with van der Waals surface area (Å²) < 4.78 is 0. The third kappa shape index (κ3) is 3.45. The molecule has 0 spiro atoms. The van der Waals surface area contributed by atoms with Gasteiger partial charge in [0.15, 0.2) is 0 Å². The van der Waals surface area contributed by atoms with Crippen molar-refractivity contribution in [2.24, 2.45) is 5.92 Å². The van der Waals surface area contributed by atoms with E-state index in [1.165, 1.54) is 0 Å². The van der Waals surface area contributed by atoms with Crippen LogP contribution in [0.5, 0.6) is 0 Å². The van der Waals surface area contributed by atoms with Crippen LogP contribution >= 0.6 is 0 Å². The Balaban J connectivity index is 3.61. The highest BCUT2D eigenvalue weighted by Crippen LogP contribution is 2.02. The lowest BCUT2D eigenvalue weighted by Gasteiger charge is -1.92. The SMILES string of the molecule is N#CC(C#N)CCC(=O)O. The summed E-state index contributed by atoms with van der Waals surface area (Å²) in [5.74, 6) is -1.76. The van der Waals surface area contributed by atoms with Gasteiger partial charge in [-0.2, -0.15) is 10.5 Å². The second-order valence-electron chi connectivity index (χ2n) is 1.74. The predicted octanol–water partition coefficient (Wildman–Crippen LogP) is 0.515. The number of hydrogen-bond donors (Lipinski definition) is 1. The quantitative estimate of drug-likeness (QED) is 0.615. The van der Waals surface area contributed by atoms with Gasteiger partial charge in [-0.3, -0.25) is 4.79 Å². The normalized spacial score (nSPS) is 8.30. The van der Waals surface area contributed by atoms with Crippen molar-refractivity contribution in [1.29, 1.82) is 10.5 Å². The van der Waals surface area contributed by atoms with E-state index in [1.54, 1.807) is 12.1 Å². The van der Waals surface area contributed by atoms with Gasteiger partial charge in [0, 0.05) is 6.42 Å². The van der Waals surface area contributed by atoms with Gasteiger partial charge in [-0.05, 0) is 6.42 Å². The molecule has 0 atom stereocenters. The van der Waals surface area contributed by atoms with Crippen LogP contribution in [0.4, 0.5) is 0 Å². The summed E-state index contributed by atoms with van der Waals surface area (Å²) >= 11 is 0. The van der Waals surface area contributed by atoms with Crippen LogP contribution in [0, 0.1) is 28.6 Å². The monoisotopic (exact) mass is 138 g/mol. The number of hydrogen-bond acceptors (Lipinski definition) is 3. The van der Waals surface area contributed by atoms with Crippen molar-refractivity contribution in [3.63, 3.8) is 0 Å². The molecular weight excluding hydrogens is 132 g/mol. The van der Waals surface area contributed by atoms with E-state index in [4.69, 9.17) is 15.6 Å². The molecule has 0 aromatic rings. The Bertz CT molecular complexity index is 185. The molecule has 0 bridgehead atoms.